The number of hydrogen-bond donors (Lipinski definition) is 0. The van der Waals surface area contributed by atoms with Crippen molar-refractivity contribution in [1.29, 1.82) is 0 Å². The monoisotopic (exact) mass is 238 g/mol. The average Bonchev–Trinajstić information content (AvgIpc) is 2.74. The zero-order valence-corrected chi connectivity index (χ0v) is 10.6. The molecule has 0 spiro atoms. The summed E-state index contributed by atoms with van der Waals surface area (Å²) < 4.78 is 5.69. The lowest BCUT2D eigenvalue weighted by molar-refractivity contribution is 0.155. The minimum atomic E-state index is 0.410. The van der Waals surface area contributed by atoms with E-state index in [9.17, 15) is 0 Å². The first-order chi connectivity index (χ1) is 8.92. The fourth-order valence-electron chi connectivity index (χ4n) is 2.99. The molecule has 3 rings (SSSR count). The molecule has 0 N–H and O–H groups in total. The van der Waals surface area contributed by atoms with Crippen LogP contribution in [0.15, 0.2) is 54.6 Å². The van der Waals surface area contributed by atoms with Crippen LogP contribution in [0.3, 0.4) is 0 Å². The van der Waals surface area contributed by atoms with Crippen molar-refractivity contribution in [3.8, 4) is 0 Å². The minimum Gasteiger partial charge on any atom is -0.376 e. The summed E-state index contributed by atoms with van der Waals surface area (Å²) in [6.45, 7) is 5.09. The third-order valence-electron chi connectivity index (χ3n) is 3.76. The molecule has 0 bridgehead atoms. The normalized spacial score (nSPS) is 20.8. The van der Waals surface area contributed by atoms with E-state index in [1.807, 2.05) is 6.08 Å². The van der Waals surface area contributed by atoms with E-state index in [1.165, 1.54) is 28.7 Å². The van der Waals surface area contributed by atoms with Gasteiger partial charge in [-0.2, -0.15) is 0 Å². The molecular formula is C17H18O. The van der Waals surface area contributed by atoms with Crippen LogP contribution in [0.25, 0.3) is 5.57 Å². The van der Waals surface area contributed by atoms with Gasteiger partial charge in [0.15, 0.2) is 0 Å². The van der Waals surface area contributed by atoms with Crippen LogP contribution >= 0.6 is 0 Å². The van der Waals surface area contributed by atoms with E-state index >= 15 is 0 Å². The smallest absolute Gasteiger partial charge is 0.0645 e. The van der Waals surface area contributed by atoms with Gasteiger partial charge in [0.1, 0.15) is 0 Å². The maximum atomic E-state index is 5.69. The second-order valence-electron chi connectivity index (χ2n) is 4.84. The van der Waals surface area contributed by atoms with E-state index in [-0.39, 0.29) is 0 Å². The molecule has 0 saturated heterocycles. The van der Waals surface area contributed by atoms with Crippen molar-refractivity contribution in [2.75, 3.05) is 13.2 Å². The summed E-state index contributed by atoms with van der Waals surface area (Å²) >= 11 is 0. The summed E-state index contributed by atoms with van der Waals surface area (Å²) in [5, 5.41) is 0. The molecule has 2 aliphatic carbocycles. The van der Waals surface area contributed by atoms with Gasteiger partial charge >= 0.3 is 0 Å². The van der Waals surface area contributed by atoms with Crippen molar-refractivity contribution >= 4 is 5.57 Å². The van der Waals surface area contributed by atoms with Crippen molar-refractivity contribution in [3.05, 3.63) is 65.8 Å². The number of fused-ring (bicyclic) bond motifs is 2. The van der Waals surface area contributed by atoms with E-state index in [0.29, 0.717) is 12.5 Å². The lowest BCUT2D eigenvalue weighted by atomic mass is 9.93. The quantitative estimate of drug-likeness (QED) is 0.567. The minimum absolute atomic E-state index is 0.410. The maximum absolute atomic E-state index is 5.69. The van der Waals surface area contributed by atoms with Gasteiger partial charge < -0.3 is 4.74 Å². The third kappa shape index (κ3) is 1.85. The van der Waals surface area contributed by atoms with Gasteiger partial charge in [0.25, 0.3) is 0 Å². The molecule has 0 aliphatic heterocycles. The largest absolute Gasteiger partial charge is 0.376 e. The molecule has 1 aromatic rings. The molecule has 18 heavy (non-hydrogen) atoms. The summed E-state index contributed by atoms with van der Waals surface area (Å²) in [5.41, 5.74) is 5.86. The van der Waals surface area contributed by atoms with Crippen molar-refractivity contribution in [2.24, 2.45) is 0 Å². The van der Waals surface area contributed by atoms with Crippen LogP contribution in [0.5, 0.6) is 0 Å². The van der Waals surface area contributed by atoms with E-state index in [2.05, 4.69) is 43.0 Å². The van der Waals surface area contributed by atoms with E-state index < -0.39 is 0 Å². The fourth-order valence-corrected chi connectivity index (χ4v) is 2.99. The van der Waals surface area contributed by atoms with Crippen LogP contribution in [-0.4, -0.2) is 13.2 Å². The van der Waals surface area contributed by atoms with Crippen molar-refractivity contribution in [1.82, 2.24) is 0 Å². The Hall–Kier alpha value is -1.60. The Morgan fingerprint density at radius 3 is 3.11 bits per heavy atom. The Bertz CT molecular complexity index is 522. The average molecular weight is 238 g/mol. The Morgan fingerprint density at radius 2 is 2.22 bits per heavy atom. The highest BCUT2D eigenvalue weighted by Crippen LogP contribution is 2.46. The van der Waals surface area contributed by atoms with Crippen LogP contribution < -0.4 is 0 Å². The lowest BCUT2D eigenvalue weighted by Crippen LogP contribution is -2.08. The molecule has 92 valence electrons. The Morgan fingerprint density at radius 1 is 1.33 bits per heavy atom. The van der Waals surface area contributed by atoms with Gasteiger partial charge in [0.2, 0.25) is 0 Å². The molecule has 1 unspecified atom stereocenters. The molecule has 1 atom stereocenters. The summed E-state index contributed by atoms with van der Waals surface area (Å²) in [7, 11) is 0. The standard InChI is InChI=1S/C17H18O/c1-2-11-18-12-17-15-9-5-3-7-13(15)14-8-4-6-10-16(14)17/h2-3,5-7,9-10,17H,1,4,8,11-12H2. The molecule has 0 amide bonds. The number of benzene rings is 1. The SMILES string of the molecule is C=CCOCC1C2=C(CCC=C2)c2ccccc21. The topological polar surface area (TPSA) is 9.23 Å². The predicted molar refractivity (Wildman–Crippen MR) is 75.5 cm³/mol. The zero-order chi connectivity index (χ0) is 12.4. The molecule has 0 fully saturated rings. The van der Waals surface area contributed by atoms with Crippen LogP contribution in [0.2, 0.25) is 0 Å². The van der Waals surface area contributed by atoms with E-state index in [0.717, 1.165) is 13.0 Å². The van der Waals surface area contributed by atoms with Crippen LogP contribution in [0, 0.1) is 0 Å². The van der Waals surface area contributed by atoms with Crippen LogP contribution in [0.4, 0.5) is 0 Å². The van der Waals surface area contributed by atoms with Gasteiger partial charge in [-0.15, -0.1) is 6.58 Å². The van der Waals surface area contributed by atoms with Gasteiger partial charge in [-0.1, -0.05) is 42.5 Å². The molecule has 0 aromatic heterocycles. The lowest BCUT2D eigenvalue weighted by Gasteiger charge is -2.16. The van der Waals surface area contributed by atoms with Gasteiger partial charge in [0.05, 0.1) is 13.2 Å². The number of rotatable bonds is 4. The summed E-state index contributed by atoms with van der Waals surface area (Å²) in [4.78, 5) is 0. The molecular weight excluding hydrogens is 220 g/mol. The highest BCUT2D eigenvalue weighted by atomic mass is 16.5. The van der Waals surface area contributed by atoms with Gasteiger partial charge in [-0.05, 0) is 35.1 Å². The zero-order valence-electron chi connectivity index (χ0n) is 10.6. The first kappa shape index (κ1) is 11.5. The van der Waals surface area contributed by atoms with Crippen LogP contribution in [-0.2, 0) is 4.74 Å². The Kier molecular flexibility index (Phi) is 3.16. The van der Waals surface area contributed by atoms with Crippen molar-refractivity contribution in [2.45, 2.75) is 18.8 Å². The molecule has 0 radical (unpaired) electrons. The summed E-state index contributed by atoms with van der Waals surface area (Å²) in [6, 6.07) is 8.75. The van der Waals surface area contributed by atoms with E-state index in [1.54, 1.807) is 0 Å². The predicted octanol–water partition coefficient (Wildman–Crippen LogP) is 4.09. The summed E-state index contributed by atoms with van der Waals surface area (Å²) in [5.74, 6) is 0.410. The van der Waals surface area contributed by atoms with Gasteiger partial charge in [-0.25, -0.2) is 0 Å². The molecule has 2 aliphatic rings. The Labute approximate surface area is 108 Å². The maximum Gasteiger partial charge on any atom is 0.0645 e. The number of hydrogen-bond acceptors (Lipinski definition) is 1. The van der Waals surface area contributed by atoms with Crippen molar-refractivity contribution in [3.63, 3.8) is 0 Å². The highest BCUT2D eigenvalue weighted by molar-refractivity contribution is 5.81. The van der Waals surface area contributed by atoms with Crippen LogP contribution in [0.1, 0.15) is 29.9 Å². The highest BCUT2D eigenvalue weighted by Gasteiger charge is 2.30. The molecule has 1 aromatic carbocycles. The second kappa shape index (κ2) is 4.95. The van der Waals surface area contributed by atoms with Gasteiger partial charge in [0, 0.05) is 5.92 Å². The Balaban J connectivity index is 1.94. The number of allylic oxidation sites excluding steroid dienone is 3. The molecule has 0 heterocycles. The number of ether oxygens (including phenoxy) is 1. The fraction of sp³-hybridized carbons (Fsp3) is 0.294. The van der Waals surface area contributed by atoms with E-state index in [4.69, 9.17) is 4.74 Å². The van der Waals surface area contributed by atoms with Crippen molar-refractivity contribution < 1.29 is 4.74 Å². The first-order valence-electron chi connectivity index (χ1n) is 6.59. The molecule has 1 heteroatoms. The molecule has 1 nitrogen and oxygen atoms in total. The third-order valence-corrected chi connectivity index (χ3v) is 3.76. The summed E-state index contributed by atoms with van der Waals surface area (Å²) in [6.07, 6.45) is 8.72. The second-order valence-corrected chi connectivity index (χ2v) is 4.84. The molecule has 0 saturated carbocycles. The first-order valence-corrected chi connectivity index (χ1v) is 6.59. The van der Waals surface area contributed by atoms with Gasteiger partial charge in [-0.3, -0.25) is 0 Å².